The second-order valence-electron chi connectivity index (χ2n) is 3.55. The highest BCUT2D eigenvalue weighted by atomic mass is 35.5. The SMILES string of the molecule is Nc1cc(Cl)c(/N=N/c2ccc(O)cc2)c(Cl)c1. The van der Waals surface area contributed by atoms with Crippen LogP contribution in [0, 0.1) is 0 Å². The van der Waals surface area contributed by atoms with E-state index in [0.717, 1.165) is 0 Å². The molecule has 0 aliphatic rings. The minimum Gasteiger partial charge on any atom is -0.508 e. The predicted octanol–water partition coefficient (Wildman–Crippen LogP) is 4.70. The number of halogens is 2. The predicted molar refractivity (Wildman–Crippen MR) is 73.2 cm³/mol. The molecule has 0 radical (unpaired) electrons. The molecule has 0 unspecified atom stereocenters. The fourth-order valence-electron chi connectivity index (χ4n) is 1.31. The van der Waals surface area contributed by atoms with Crippen LogP contribution >= 0.6 is 23.2 Å². The van der Waals surface area contributed by atoms with Gasteiger partial charge in [-0.15, -0.1) is 5.11 Å². The number of nitrogens with zero attached hydrogens (tertiary/aromatic N) is 2. The largest absolute Gasteiger partial charge is 0.508 e. The van der Waals surface area contributed by atoms with Crippen LogP contribution < -0.4 is 5.73 Å². The minimum absolute atomic E-state index is 0.164. The second-order valence-corrected chi connectivity index (χ2v) is 4.36. The summed E-state index contributed by atoms with van der Waals surface area (Å²) in [7, 11) is 0. The highest BCUT2D eigenvalue weighted by molar-refractivity contribution is 6.39. The highest BCUT2D eigenvalue weighted by Gasteiger charge is 2.06. The van der Waals surface area contributed by atoms with Gasteiger partial charge in [-0.05, 0) is 36.4 Å². The number of hydrogen-bond acceptors (Lipinski definition) is 4. The van der Waals surface area contributed by atoms with E-state index in [0.29, 0.717) is 27.1 Å². The van der Waals surface area contributed by atoms with Crippen molar-refractivity contribution in [1.82, 2.24) is 0 Å². The summed E-state index contributed by atoms with van der Waals surface area (Å²) in [5, 5.41) is 17.7. The van der Waals surface area contributed by atoms with E-state index in [-0.39, 0.29) is 5.75 Å². The van der Waals surface area contributed by atoms with E-state index in [4.69, 9.17) is 34.0 Å². The van der Waals surface area contributed by atoms with Crippen LogP contribution in [-0.2, 0) is 0 Å². The summed E-state index contributed by atoms with van der Waals surface area (Å²) in [4.78, 5) is 0. The van der Waals surface area contributed by atoms with E-state index in [1.54, 1.807) is 24.3 Å². The number of benzene rings is 2. The van der Waals surface area contributed by atoms with Crippen molar-refractivity contribution < 1.29 is 5.11 Å². The number of nitrogen functional groups attached to an aromatic ring is 1. The quantitative estimate of drug-likeness (QED) is 0.619. The standard InChI is InChI=1S/C12H9Cl2N3O/c13-10-5-7(15)6-11(14)12(10)17-16-8-1-3-9(18)4-2-8/h1-6,18H,15H2/b17-16+. The molecule has 0 saturated carbocycles. The van der Waals surface area contributed by atoms with E-state index in [2.05, 4.69) is 10.2 Å². The fourth-order valence-corrected chi connectivity index (χ4v) is 1.89. The Bertz CT molecular complexity index is 574. The third kappa shape index (κ3) is 2.91. The van der Waals surface area contributed by atoms with Crippen molar-refractivity contribution in [2.45, 2.75) is 0 Å². The van der Waals surface area contributed by atoms with Crippen molar-refractivity contribution in [1.29, 1.82) is 0 Å². The van der Waals surface area contributed by atoms with Crippen molar-refractivity contribution in [2.24, 2.45) is 10.2 Å². The van der Waals surface area contributed by atoms with Crippen LogP contribution in [0.3, 0.4) is 0 Å². The van der Waals surface area contributed by atoms with E-state index < -0.39 is 0 Å². The second kappa shape index (κ2) is 5.25. The van der Waals surface area contributed by atoms with Gasteiger partial charge in [0.25, 0.3) is 0 Å². The molecule has 0 aliphatic heterocycles. The number of phenolic OH excluding ortho intramolecular Hbond substituents is 1. The number of rotatable bonds is 2. The van der Waals surface area contributed by atoms with Gasteiger partial charge in [0.1, 0.15) is 11.4 Å². The van der Waals surface area contributed by atoms with Gasteiger partial charge in [0.2, 0.25) is 0 Å². The third-order valence-corrected chi connectivity index (χ3v) is 2.73. The first-order chi connectivity index (χ1) is 8.56. The Kier molecular flexibility index (Phi) is 3.69. The molecule has 92 valence electrons. The first-order valence-electron chi connectivity index (χ1n) is 5.01. The first-order valence-corrected chi connectivity index (χ1v) is 5.77. The summed E-state index contributed by atoms with van der Waals surface area (Å²) in [6.45, 7) is 0. The van der Waals surface area contributed by atoms with Crippen molar-refractivity contribution in [2.75, 3.05) is 5.73 Å². The monoisotopic (exact) mass is 281 g/mol. The molecule has 0 saturated heterocycles. The van der Waals surface area contributed by atoms with Gasteiger partial charge < -0.3 is 10.8 Å². The van der Waals surface area contributed by atoms with Crippen LogP contribution in [0.5, 0.6) is 5.75 Å². The van der Waals surface area contributed by atoms with Crippen molar-refractivity contribution in [3.63, 3.8) is 0 Å². The van der Waals surface area contributed by atoms with Crippen molar-refractivity contribution >= 4 is 40.3 Å². The molecule has 0 atom stereocenters. The van der Waals surface area contributed by atoms with E-state index in [1.807, 2.05) is 0 Å². The van der Waals surface area contributed by atoms with Crippen LogP contribution in [0.15, 0.2) is 46.6 Å². The molecule has 0 heterocycles. The van der Waals surface area contributed by atoms with E-state index in [9.17, 15) is 0 Å². The summed E-state index contributed by atoms with van der Waals surface area (Å²) < 4.78 is 0. The maximum Gasteiger partial charge on any atom is 0.123 e. The molecule has 0 aromatic heterocycles. The van der Waals surface area contributed by atoms with Crippen LogP contribution in [0.4, 0.5) is 17.1 Å². The van der Waals surface area contributed by atoms with Gasteiger partial charge in [0.05, 0.1) is 15.7 Å². The molecule has 0 spiro atoms. The Labute approximate surface area is 114 Å². The molecular formula is C12H9Cl2N3O. The molecule has 2 aromatic carbocycles. The lowest BCUT2D eigenvalue weighted by molar-refractivity contribution is 0.475. The summed E-state index contributed by atoms with van der Waals surface area (Å²) in [5.41, 5.74) is 6.99. The minimum atomic E-state index is 0.164. The summed E-state index contributed by atoms with van der Waals surface area (Å²) in [6, 6.07) is 9.38. The number of phenols is 1. The van der Waals surface area contributed by atoms with Crippen molar-refractivity contribution in [3.8, 4) is 5.75 Å². The Morgan fingerprint density at radius 3 is 2.06 bits per heavy atom. The summed E-state index contributed by atoms with van der Waals surface area (Å²) >= 11 is 11.9. The number of azo groups is 1. The number of aromatic hydroxyl groups is 1. The van der Waals surface area contributed by atoms with E-state index >= 15 is 0 Å². The Morgan fingerprint density at radius 2 is 1.50 bits per heavy atom. The summed E-state index contributed by atoms with van der Waals surface area (Å²) in [5.74, 6) is 0.164. The van der Waals surface area contributed by atoms with Gasteiger partial charge in [-0.25, -0.2) is 0 Å². The molecule has 3 N–H and O–H groups in total. The number of nitrogens with two attached hydrogens (primary N) is 1. The molecule has 18 heavy (non-hydrogen) atoms. The van der Waals surface area contributed by atoms with Crippen LogP contribution in [0.2, 0.25) is 10.0 Å². The molecular weight excluding hydrogens is 273 g/mol. The van der Waals surface area contributed by atoms with Gasteiger partial charge in [0.15, 0.2) is 0 Å². The normalized spacial score (nSPS) is 11.0. The van der Waals surface area contributed by atoms with Gasteiger partial charge in [0, 0.05) is 5.69 Å². The van der Waals surface area contributed by atoms with Gasteiger partial charge in [-0.2, -0.15) is 5.11 Å². The molecule has 6 heteroatoms. The highest BCUT2D eigenvalue weighted by Crippen LogP contribution is 2.36. The fraction of sp³-hybridized carbons (Fsp3) is 0. The number of anilines is 1. The lowest BCUT2D eigenvalue weighted by Gasteiger charge is -2.02. The zero-order valence-corrected chi connectivity index (χ0v) is 10.7. The molecule has 2 aromatic rings. The zero-order chi connectivity index (χ0) is 13.1. The van der Waals surface area contributed by atoms with Gasteiger partial charge >= 0.3 is 0 Å². The van der Waals surface area contributed by atoms with Crippen LogP contribution in [0.25, 0.3) is 0 Å². The molecule has 0 aliphatic carbocycles. The molecule has 0 amide bonds. The maximum atomic E-state index is 9.13. The first kappa shape index (κ1) is 12.7. The average molecular weight is 282 g/mol. The lowest BCUT2D eigenvalue weighted by atomic mass is 10.3. The van der Waals surface area contributed by atoms with E-state index in [1.165, 1.54) is 12.1 Å². The molecule has 4 nitrogen and oxygen atoms in total. The van der Waals surface area contributed by atoms with Gasteiger partial charge in [-0.1, -0.05) is 23.2 Å². The Morgan fingerprint density at radius 1 is 0.944 bits per heavy atom. The third-order valence-electron chi connectivity index (χ3n) is 2.15. The molecule has 2 rings (SSSR count). The maximum absolute atomic E-state index is 9.13. The molecule has 0 fully saturated rings. The topological polar surface area (TPSA) is 71.0 Å². The van der Waals surface area contributed by atoms with Crippen molar-refractivity contribution in [3.05, 3.63) is 46.4 Å². The van der Waals surface area contributed by atoms with Gasteiger partial charge in [-0.3, -0.25) is 0 Å². The Hall–Kier alpha value is -1.78. The number of hydrogen-bond donors (Lipinski definition) is 2. The molecule has 0 bridgehead atoms. The Balaban J connectivity index is 2.31. The lowest BCUT2D eigenvalue weighted by Crippen LogP contribution is -1.84. The van der Waals surface area contributed by atoms with Crippen LogP contribution in [0.1, 0.15) is 0 Å². The average Bonchev–Trinajstić information content (AvgIpc) is 2.30. The summed E-state index contributed by atoms with van der Waals surface area (Å²) in [6.07, 6.45) is 0. The zero-order valence-electron chi connectivity index (χ0n) is 9.14. The smallest absolute Gasteiger partial charge is 0.123 e. The van der Waals surface area contributed by atoms with Crippen LogP contribution in [-0.4, -0.2) is 5.11 Å².